The van der Waals surface area contributed by atoms with Crippen LogP contribution in [0.1, 0.15) is 41.4 Å². The van der Waals surface area contributed by atoms with Crippen molar-refractivity contribution in [3.8, 4) is 5.69 Å². The van der Waals surface area contributed by atoms with Crippen molar-refractivity contribution < 1.29 is 9.53 Å². The lowest BCUT2D eigenvalue weighted by Gasteiger charge is -2.11. The van der Waals surface area contributed by atoms with E-state index in [1.165, 1.54) is 5.56 Å². The fourth-order valence-corrected chi connectivity index (χ4v) is 2.92. The van der Waals surface area contributed by atoms with Gasteiger partial charge in [0.05, 0.1) is 29.2 Å². The molecule has 1 aromatic heterocycles. The Bertz CT molecular complexity index is 670. The Morgan fingerprint density at radius 3 is 2.83 bits per heavy atom. The number of rotatable bonds is 5. The minimum Gasteiger partial charge on any atom is -0.376 e. The highest BCUT2D eigenvalue weighted by Crippen LogP contribution is 2.17. The van der Waals surface area contributed by atoms with Crippen molar-refractivity contribution in [1.29, 1.82) is 0 Å². The molecule has 1 fully saturated rings. The summed E-state index contributed by atoms with van der Waals surface area (Å²) in [6, 6.07) is 8.15. The van der Waals surface area contributed by atoms with Gasteiger partial charge < -0.3 is 10.1 Å². The van der Waals surface area contributed by atoms with E-state index >= 15 is 0 Å². The molecule has 1 unspecified atom stereocenters. The number of hydrogen-bond donors (Lipinski definition) is 1. The van der Waals surface area contributed by atoms with E-state index in [1.807, 2.05) is 35.9 Å². The minimum atomic E-state index is -0.0734. The van der Waals surface area contributed by atoms with Crippen LogP contribution in [-0.4, -0.2) is 34.9 Å². The minimum absolute atomic E-state index is 0.0734. The maximum atomic E-state index is 12.5. The third kappa shape index (κ3) is 3.45. The van der Waals surface area contributed by atoms with Crippen LogP contribution in [0, 0.1) is 6.92 Å². The molecule has 1 aromatic carbocycles. The number of amides is 1. The Labute approximate surface area is 136 Å². The summed E-state index contributed by atoms with van der Waals surface area (Å²) >= 11 is 0. The van der Waals surface area contributed by atoms with Gasteiger partial charge in [-0.2, -0.15) is 5.10 Å². The van der Waals surface area contributed by atoms with Crippen LogP contribution < -0.4 is 5.32 Å². The summed E-state index contributed by atoms with van der Waals surface area (Å²) in [5, 5.41) is 7.38. The molecule has 0 bridgehead atoms. The second-order valence-electron chi connectivity index (χ2n) is 5.95. The number of hydrogen-bond acceptors (Lipinski definition) is 3. The quantitative estimate of drug-likeness (QED) is 0.923. The number of ether oxygens (including phenoxy) is 1. The van der Waals surface area contributed by atoms with Gasteiger partial charge in [-0.15, -0.1) is 0 Å². The molecule has 3 rings (SSSR count). The van der Waals surface area contributed by atoms with Gasteiger partial charge in [-0.3, -0.25) is 4.79 Å². The van der Waals surface area contributed by atoms with Crippen molar-refractivity contribution in [3.63, 3.8) is 0 Å². The van der Waals surface area contributed by atoms with Crippen LogP contribution >= 0.6 is 0 Å². The largest absolute Gasteiger partial charge is 0.376 e. The monoisotopic (exact) mass is 313 g/mol. The van der Waals surface area contributed by atoms with Crippen molar-refractivity contribution in [2.45, 2.75) is 39.2 Å². The van der Waals surface area contributed by atoms with Crippen LogP contribution in [0.3, 0.4) is 0 Å². The molecule has 1 N–H and O–H groups in total. The van der Waals surface area contributed by atoms with Gasteiger partial charge in [0.1, 0.15) is 0 Å². The van der Waals surface area contributed by atoms with Gasteiger partial charge in [0, 0.05) is 13.2 Å². The Balaban J connectivity index is 1.77. The van der Waals surface area contributed by atoms with Crippen LogP contribution in [0.25, 0.3) is 5.69 Å². The average molecular weight is 313 g/mol. The van der Waals surface area contributed by atoms with Gasteiger partial charge in [0.25, 0.3) is 5.91 Å². The number of carbonyl (C=O) groups excluding carboxylic acids is 1. The number of nitrogens with zero attached hydrogens (tertiary/aromatic N) is 2. The predicted octanol–water partition coefficient (Wildman–Crippen LogP) is 2.65. The van der Waals surface area contributed by atoms with Crippen molar-refractivity contribution in [2.75, 3.05) is 13.2 Å². The highest BCUT2D eigenvalue weighted by molar-refractivity contribution is 5.95. The van der Waals surface area contributed by atoms with E-state index in [-0.39, 0.29) is 12.0 Å². The molecule has 1 atom stereocenters. The molecule has 23 heavy (non-hydrogen) atoms. The van der Waals surface area contributed by atoms with Crippen LogP contribution in [-0.2, 0) is 11.2 Å². The fraction of sp³-hybridized carbons (Fsp3) is 0.444. The van der Waals surface area contributed by atoms with E-state index in [9.17, 15) is 4.79 Å². The second kappa shape index (κ2) is 6.96. The molecule has 1 aliphatic rings. The van der Waals surface area contributed by atoms with E-state index in [4.69, 9.17) is 4.74 Å². The third-order valence-electron chi connectivity index (χ3n) is 4.24. The molecular weight excluding hydrogens is 290 g/mol. The maximum absolute atomic E-state index is 12.5. The van der Waals surface area contributed by atoms with Crippen LogP contribution in [0.5, 0.6) is 0 Å². The first-order valence-electron chi connectivity index (χ1n) is 8.22. The SMILES string of the molecule is CCc1c(C(=O)NCC2CCCO2)cnn1-c1ccc(C)cc1. The molecule has 1 aliphatic heterocycles. The summed E-state index contributed by atoms with van der Waals surface area (Å²) in [6.45, 7) is 5.46. The predicted molar refractivity (Wildman–Crippen MR) is 89.0 cm³/mol. The van der Waals surface area contributed by atoms with Crippen molar-refractivity contribution in [3.05, 3.63) is 47.3 Å². The van der Waals surface area contributed by atoms with Gasteiger partial charge >= 0.3 is 0 Å². The second-order valence-corrected chi connectivity index (χ2v) is 5.95. The molecule has 0 spiro atoms. The van der Waals surface area contributed by atoms with Gasteiger partial charge in [-0.05, 0) is 38.3 Å². The molecule has 1 saturated heterocycles. The average Bonchev–Trinajstić information content (AvgIpc) is 3.22. The number of aromatic nitrogens is 2. The lowest BCUT2D eigenvalue weighted by molar-refractivity contribution is 0.0857. The first-order valence-corrected chi connectivity index (χ1v) is 8.22. The molecule has 2 aromatic rings. The van der Waals surface area contributed by atoms with Gasteiger partial charge in [-0.1, -0.05) is 24.6 Å². The Hall–Kier alpha value is -2.14. The topological polar surface area (TPSA) is 56.1 Å². The molecule has 5 heteroatoms. The molecule has 0 radical (unpaired) electrons. The first-order chi connectivity index (χ1) is 11.2. The fourth-order valence-electron chi connectivity index (χ4n) is 2.92. The zero-order valence-corrected chi connectivity index (χ0v) is 13.7. The number of aryl methyl sites for hydroxylation is 1. The van der Waals surface area contributed by atoms with Gasteiger partial charge in [0.15, 0.2) is 0 Å². The summed E-state index contributed by atoms with van der Waals surface area (Å²) < 4.78 is 7.39. The standard InChI is InChI=1S/C18H23N3O2/c1-3-17-16(18(22)19-11-15-5-4-10-23-15)12-20-21(17)14-8-6-13(2)7-9-14/h6-9,12,15H,3-5,10-11H2,1-2H3,(H,19,22). The molecular formula is C18H23N3O2. The van der Waals surface area contributed by atoms with E-state index in [0.717, 1.165) is 37.3 Å². The lowest BCUT2D eigenvalue weighted by atomic mass is 10.1. The Kier molecular flexibility index (Phi) is 4.76. The molecule has 0 saturated carbocycles. The van der Waals surface area contributed by atoms with Gasteiger partial charge in [-0.25, -0.2) is 4.68 Å². The van der Waals surface area contributed by atoms with Crippen LogP contribution in [0.2, 0.25) is 0 Å². The van der Waals surface area contributed by atoms with Crippen LogP contribution in [0.15, 0.2) is 30.5 Å². The normalized spacial score (nSPS) is 17.4. The zero-order valence-electron chi connectivity index (χ0n) is 13.7. The summed E-state index contributed by atoms with van der Waals surface area (Å²) in [5.41, 5.74) is 3.75. The summed E-state index contributed by atoms with van der Waals surface area (Å²) in [5.74, 6) is -0.0734. The molecule has 5 nitrogen and oxygen atoms in total. The van der Waals surface area contributed by atoms with E-state index in [0.29, 0.717) is 12.1 Å². The highest BCUT2D eigenvalue weighted by Gasteiger charge is 2.20. The summed E-state index contributed by atoms with van der Waals surface area (Å²) in [6.07, 6.45) is 4.64. The van der Waals surface area contributed by atoms with Crippen molar-refractivity contribution in [1.82, 2.24) is 15.1 Å². The Morgan fingerprint density at radius 1 is 1.39 bits per heavy atom. The molecule has 1 amide bonds. The number of carbonyl (C=O) groups is 1. The Morgan fingerprint density at radius 2 is 2.17 bits per heavy atom. The highest BCUT2D eigenvalue weighted by atomic mass is 16.5. The van der Waals surface area contributed by atoms with Gasteiger partial charge in [0.2, 0.25) is 0 Å². The van der Waals surface area contributed by atoms with E-state index in [1.54, 1.807) is 6.20 Å². The summed E-state index contributed by atoms with van der Waals surface area (Å²) in [7, 11) is 0. The van der Waals surface area contributed by atoms with E-state index in [2.05, 4.69) is 17.3 Å². The maximum Gasteiger partial charge on any atom is 0.254 e. The number of benzene rings is 1. The van der Waals surface area contributed by atoms with Crippen molar-refractivity contribution in [2.24, 2.45) is 0 Å². The zero-order chi connectivity index (χ0) is 16.2. The smallest absolute Gasteiger partial charge is 0.254 e. The van der Waals surface area contributed by atoms with Crippen LogP contribution in [0.4, 0.5) is 0 Å². The third-order valence-corrected chi connectivity index (χ3v) is 4.24. The first kappa shape index (κ1) is 15.7. The molecule has 2 heterocycles. The molecule has 0 aliphatic carbocycles. The van der Waals surface area contributed by atoms with Crippen molar-refractivity contribution >= 4 is 5.91 Å². The molecule has 122 valence electrons. The van der Waals surface area contributed by atoms with E-state index < -0.39 is 0 Å². The lowest BCUT2D eigenvalue weighted by Crippen LogP contribution is -2.32. The summed E-state index contributed by atoms with van der Waals surface area (Å²) in [4.78, 5) is 12.5. The number of nitrogens with one attached hydrogen (secondary N) is 1.